The van der Waals surface area contributed by atoms with E-state index in [9.17, 15) is 4.79 Å². The van der Waals surface area contributed by atoms with Crippen LogP contribution in [0.3, 0.4) is 0 Å². The second-order valence-electron chi connectivity index (χ2n) is 6.78. The number of hydrogen-bond donors (Lipinski definition) is 1. The summed E-state index contributed by atoms with van der Waals surface area (Å²) in [7, 11) is 1.86. The minimum Gasteiger partial charge on any atom is -0.345 e. The van der Waals surface area contributed by atoms with Gasteiger partial charge in [0.05, 0.1) is 33.5 Å². The molecule has 1 aliphatic rings. The van der Waals surface area contributed by atoms with Gasteiger partial charge in [-0.1, -0.05) is 59.6 Å². The lowest BCUT2D eigenvalue weighted by Gasteiger charge is -2.15. The average Bonchev–Trinajstić information content (AvgIpc) is 3.24. The van der Waals surface area contributed by atoms with Gasteiger partial charge in [0.2, 0.25) is 0 Å². The van der Waals surface area contributed by atoms with E-state index in [1.165, 1.54) is 0 Å². The summed E-state index contributed by atoms with van der Waals surface area (Å²) in [5.41, 5.74) is 4.72. The number of fused-ring (bicyclic) bond motifs is 1. The Morgan fingerprint density at radius 2 is 2.00 bits per heavy atom. The Morgan fingerprint density at radius 1 is 1.22 bits per heavy atom. The molecule has 3 aromatic rings. The number of amides is 1. The summed E-state index contributed by atoms with van der Waals surface area (Å²) in [6.45, 7) is 0. The van der Waals surface area contributed by atoms with Crippen molar-refractivity contribution in [1.29, 1.82) is 0 Å². The molecule has 1 atom stereocenters. The number of rotatable bonds is 4. The highest BCUT2D eigenvalue weighted by Gasteiger charge is 2.28. The molecular formula is C21H19Cl2N3O. The smallest absolute Gasteiger partial charge is 0.255 e. The van der Waals surface area contributed by atoms with Crippen LogP contribution in [0.1, 0.15) is 45.2 Å². The highest BCUT2D eigenvalue weighted by molar-refractivity contribution is 6.42. The van der Waals surface area contributed by atoms with E-state index in [2.05, 4.69) is 10.4 Å². The Labute approximate surface area is 168 Å². The van der Waals surface area contributed by atoms with E-state index >= 15 is 0 Å². The number of halogens is 2. The van der Waals surface area contributed by atoms with Gasteiger partial charge in [-0.15, -0.1) is 0 Å². The Bertz CT molecular complexity index is 998. The predicted octanol–water partition coefficient (Wildman–Crippen LogP) is 4.74. The van der Waals surface area contributed by atoms with E-state index in [0.717, 1.165) is 35.2 Å². The first-order chi connectivity index (χ1) is 13.0. The Balaban J connectivity index is 1.57. The maximum Gasteiger partial charge on any atom is 0.255 e. The molecule has 0 bridgehead atoms. The lowest BCUT2D eigenvalue weighted by atomic mass is 10.1. The zero-order valence-electron chi connectivity index (χ0n) is 14.9. The first-order valence-electron chi connectivity index (χ1n) is 8.87. The van der Waals surface area contributed by atoms with Crippen LogP contribution in [0.25, 0.3) is 0 Å². The van der Waals surface area contributed by atoms with Crippen molar-refractivity contribution in [2.45, 2.75) is 25.3 Å². The van der Waals surface area contributed by atoms with E-state index in [0.29, 0.717) is 22.0 Å². The summed E-state index contributed by atoms with van der Waals surface area (Å²) in [5, 5.41) is 8.59. The molecule has 0 fully saturated rings. The van der Waals surface area contributed by atoms with Crippen molar-refractivity contribution < 1.29 is 4.79 Å². The van der Waals surface area contributed by atoms with Gasteiger partial charge in [0.25, 0.3) is 5.91 Å². The monoisotopic (exact) mass is 399 g/mol. The second kappa shape index (κ2) is 7.37. The molecular weight excluding hydrogens is 381 g/mol. The van der Waals surface area contributed by atoms with Crippen molar-refractivity contribution in [1.82, 2.24) is 15.1 Å². The van der Waals surface area contributed by atoms with Crippen molar-refractivity contribution in [3.8, 4) is 0 Å². The van der Waals surface area contributed by atoms with E-state index < -0.39 is 0 Å². The number of aryl methyl sites for hydroxylation is 1. The third kappa shape index (κ3) is 3.47. The predicted molar refractivity (Wildman–Crippen MR) is 107 cm³/mol. The molecule has 0 aliphatic heterocycles. The largest absolute Gasteiger partial charge is 0.345 e. The van der Waals surface area contributed by atoms with E-state index in [1.807, 2.05) is 43.4 Å². The van der Waals surface area contributed by atoms with Gasteiger partial charge in [0.1, 0.15) is 0 Å². The first kappa shape index (κ1) is 18.1. The van der Waals surface area contributed by atoms with Gasteiger partial charge in [-0.25, -0.2) is 0 Å². The van der Waals surface area contributed by atoms with Crippen molar-refractivity contribution in [2.24, 2.45) is 7.05 Å². The molecule has 1 amide bonds. The third-order valence-electron chi connectivity index (χ3n) is 5.12. The maximum atomic E-state index is 13.0. The molecule has 0 saturated carbocycles. The maximum absolute atomic E-state index is 13.0. The fourth-order valence-corrected chi connectivity index (χ4v) is 4.11. The molecule has 6 heteroatoms. The standard InChI is InChI=1S/C21H19Cl2N3O/c1-26-19(11-13-5-3-2-4-6-13)16(12-24-26)21(27)25-18-10-8-15-14(18)7-9-17(22)20(15)23/h2-7,9,12,18H,8,10-11H2,1H3,(H,25,27). The molecule has 0 radical (unpaired) electrons. The average molecular weight is 400 g/mol. The summed E-state index contributed by atoms with van der Waals surface area (Å²) in [4.78, 5) is 13.0. The molecule has 1 aromatic heterocycles. The van der Waals surface area contributed by atoms with Crippen LogP contribution in [0.4, 0.5) is 0 Å². The minimum absolute atomic E-state index is 0.0629. The third-order valence-corrected chi connectivity index (χ3v) is 5.96. The molecule has 0 saturated heterocycles. The Kier molecular flexibility index (Phi) is 4.94. The quantitative estimate of drug-likeness (QED) is 0.688. The summed E-state index contributed by atoms with van der Waals surface area (Å²) in [6.07, 6.45) is 3.92. The van der Waals surface area contributed by atoms with E-state index in [1.54, 1.807) is 16.9 Å². The molecule has 4 nitrogen and oxygen atoms in total. The molecule has 4 rings (SSSR count). The number of aromatic nitrogens is 2. The van der Waals surface area contributed by atoms with Crippen LogP contribution in [0.2, 0.25) is 10.0 Å². The normalized spacial score (nSPS) is 15.6. The van der Waals surface area contributed by atoms with Crippen LogP contribution < -0.4 is 5.32 Å². The minimum atomic E-state index is -0.113. The summed E-state index contributed by atoms with van der Waals surface area (Å²) in [6, 6.07) is 13.8. The SMILES string of the molecule is Cn1ncc(C(=O)NC2CCc3c2ccc(Cl)c3Cl)c1Cc1ccccc1. The molecule has 0 spiro atoms. The Hall–Kier alpha value is -2.30. The van der Waals surface area contributed by atoms with Gasteiger partial charge >= 0.3 is 0 Å². The number of nitrogens with zero attached hydrogens (tertiary/aromatic N) is 2. The van der Waals surface area contributed by atoms with Crippen LogP contribution in [-0.2, 0) is 19.9 Å². The highest BCUT2D eigenvalue weighted by Crippen LogP contribution is 2.39. The summed E-state index contributed by atoms with van der Waals surface area (Å²) in [5.74, 6) is -0.113. The summed E-state index contributed by atoms with van der Waals surface area (Å²) < 4.78 is 1.77. The fraction of sp³-hybridized carbons (Fsp3) is 0.238. The number of carbonyl (C=O) groups excluding carboxylic acids is 1. The van der Waals surface area contributed by atoms with Gasteiger partial charge < -0.3 is 5.32 Å². The van der Waals surface area contributed by atoms with Gasteiger partial charge in [0, 0.05) is 13.5 Å². The molecule has 27 heavy (non-hydrogen) atoms. The van der Waals surface area contributed by atoms with Gasteiger partial charge in [-0.2, -0.15) is 5.10 Å². The van der Waals surface area contributed by atoms with Crippen LogP contribution in [-0.4, -0.2) is 15.7 Å². The number of hydrogen-bond acceptors (Lipinski definition) is 2. The zero-order chi connectivity index (χ0) is 19.0. The zero-order valence-corrected chi connectivity index (χ0v) is 16.4. The topological polar surface area (TPSA) is 46.9 Å². The molecule has 1 N–H and O–H groups in total. The molecule has 1 heterocycles. The Morgan fingerprint density at radius 3 is 2.78 bits per heavy atom. The fourth-order valence-electron chi connectivity index (χ4n) is 3.67. The molecule has 2 aromatic carbocycles. The van der Waals surface area contributed by atoms with Crippen molar-refractivity contribution in [3.05, 3.63) is 86.7 Å². The van der Waals surface area contributed by atoms with Crippen LogP contribution >= 0.6 is 23.2 Å². The van der Waals surface area contributed by atoms with Crippen molar-refractivity contribution >= 4 is 29.1 Å². The van der Waals surface area contributed by atoms with Crippen molar-refractivity contribution in [3.63, 3.8) is 0 Å². The second-order valence-corrected chi connectivity index (χ2v) is 7.57. The van der Waals surface area contributed by atoms with Gasteiger partial charge in [0.15, 0.2) is 0 Å². The number of benzene rings is 2. The molecule has 1 aliphatic carbocycles. The van der Waals surface area contributed by atoms with Crippen LogP contribution in [0.5, 0.6) is 0 Å². The molecule has 1 unspecified atom stereocenters. The van der Waals surface area contributed by atoms with E-state index in [-0.39, 0.29) is 11.9 Å². The number of nitrogens with one attached hydrogen (secondary N) is 1. The van der Waals surface area contributed by atoms with Gasteiger partial charge in [-0.3, -0.25) is 9.48 Å². The van der Waals surface area contributed by atoms with Crippen LogP contribution in [0.15, 0.2) is 48.7 Å². The van der Waals surface area contributed by atoms with Gasteiger partial charge in [-0.05, 0) is 35.6 Å². The highest BCUT2D eigenvalue weighted by atomic mass is 35.5. The lowest BCUT2D eigenvalue weighted by molar-refractivity contribution is 0.0936. The first-order valence-corrected chi connectivity index (χ1v) is 9.62. The van der Waals surface area contributed by atoms with Crippen molar-refractivity contribution in [2.75, 3.05) is 0 Å². The molecule has 138 valence electrons. The van der Waals surface area contributed by atoms with E-state index in [4.69, 9.17) is 23.2 Å². The number of carbonyl (C=O) groups is 1. The van der Waals surface area contributed by atoms with Crippen LogP contribution in [0, 0.1) is 0 Å². The summed E-state index contributed by atoms with van der Waals surface area (Å²) >= 11 is 12.4. The lowest BCUT2D eigenvalue weighted by Crippen LogP contribution is -2.28.